The van der Waals surface area contributed by atoms with Crippen LogP contribution in [0.25, 0.3) is 0 Å². The van der Waals surface area contributed by atoms with Crippen molar-refractivity contribution in [2.45, 2.75) is 24.4 Å². The summed E-state index contributed by atoms with van der Waals surface area (Å²) in [6, 6.07) is 0.107. The van der Waals surface area contributed by atoms with Crippen LogP contribution in [0.2, 0.25) is 0 Å². The lowest BCUT2D eigenvalue weighted by molar-refractivity contribution is 0.00440. The summed E-state index contributed by atoms with van der Waals surface area (Å²) in [6.45, 7) is 0.494. The van der Waals surface area contributed by atoms with Crippen molar-refractivity contribution in [3.63, 3.8) is 0 Å². The summed E-state index contributed by atoms with van der Waals surface area (Å²) >= 11 is 0. The van der Waals surface area contributed by atoms with Gasteiger partial charge in [-0.3, -0.25) is 0 Å². The number of aliphatic hydroxyl groups is 3. The van der Waals surface area contributed by atoms with Crippen molar-refractivity contribution in [1.29, 1.82) is 0 Å². The van der Waals surface area contributed by atoms with Crippen molar-refractivity contribution >= 4 is 0 Å². The molecular formula is C9H19NO4. The lowest BCUT2D eigenvalue weighted by atomic mass is 10.00. The first-order chi connectivity index (χ1) is 6.76. The second kappa shape index (κ2) is 5.63. The van der Waals surface area contributed by atoms with Gasteiger partial charge in [-0.05, 0) is 12.8 Å². The highest BCUT2D eigenvalue weighted by Gasteiger charge is 2.31. The standard InChI is InChI=1S/C9H19NO4/c11-5-9(6-12,7-13)10-8-2-1-3-14-4-8/h8,10-13H,1-7H2. The molecule has 1 saturated heterocycles. The molecule has 0 aromatic carbocycles. The fraction of sp³-hybridized carbons (Fsp3) is 1.00. The van der Waals surface area contributed by atoms with Gasteiger partial charge in [-0.25, -0.2) is 0 Å². The quantitative estimate of drug-likeness (QED) is 0.438. The Hall–Kier alpha value is -0.200. The molecule has 0 bridgehead atoms. The minimum absolute atomic E-state index is 0.107. The zero-order valence-corrected chi connectivity index (χ0v) is 8.28. The van der Waals surface area contributed by atoms with Crippen molar-refractivity contribution < 1.29 is 20.1 Å². The zero-order valence-electron chi connectivity index (χ0n) is 8.28. The normalized spacial score (nSPS) is 23.8. The third kappa shape index (κ3) is 2.90. The molecule has 1 rings (SSSR count). The Morgan fingerprint density at radius 2 is 1.86 bits per heavy atom. The van der Waals surface area contributed by atoms with E-state index in [1.54, 1.807) is 0 Å². The summed E-state index contributed by atoms with van der Waals surface area (Å²) in [4.78, 5) is 0. The van der Waals surface area contributed by atoms with E-state index >= 15 is 0 Å². The molecule has 1 atom stereocenters. The maximum Gasteiger partial charge on any atom is 0.0884 e. The Morgan fingerprint density at radius 1 is 1.21 bits per heavy atom. The van der Waals surface area contributed by atoms with E-state index in [9.17, 15) is 0 Å². The summed E-state index contributed by atoms with van der Waals surface area (Å²) in [5, 5.41) is 30.3. The molecular weight excluding hydrogens is 186 g/mol. The molecule has 1 aliphatic rings. The van der Waals surface area contributed by atoms with E-state index in [0.717, 1.165) is 19.4 Å². The van der Waals surface area contributed by atoms with Crippen molar-refractivity contribution in [3.8, 4) is 0 Å². The third-order valence-electron chi connectivity index (χ3n) is 2.58. The third-order valence-corrected chi connectivity index (χ3v) is 2.58. The van der Waals surface area contributed by atoms with E-state index in [4.69, 9.17) is 20.1 Å². The Morgan fingerprint density at radius 3 is 2.29 bits per heavy atom. The predicted molar refractivity (Wildman–Crippen MR) is 51.0 cm³/mol. The average molecular weight is 205 g/mol. The summed E-state index contributed by atoms with van der Waals surface area (Å²) in [7, 11) is 0. The summed E-state index contributed by atoms with van der Waals surface area (Å²) in [6.07, 6.45) is 1.91. The highest BCUT2D eigenvalue weighted by atomic mass is 16.5. The van der Waals surface area contributed by atoms with E-state index < -0.39 is 5.54 Å². The molecule has 1 heterocycles. The van der Waals surface area contributed by atoms with Gasteiger partial charge in [0.2, 0.25) is 0 Å². The molecule has 4 N–H and O–H groups in total. The van der Waals surface area contributed by atoms with Crippen LogP contribution in [0.5, 0.6) is 0 Å². The molecule has 0 aromatic heterocycles. The van der Waals surface area contributed by atoms with Gasteiger partial charge in [-0.15, -0.1) is 0 Å². The highest BCUT2D eigenvalue weighted by molar-refractivity contribution is 4.90. The van der Waals surface area contributed by atoms with Crippen LogP contribution in [0.15, 0.2) is 0 Å². The Kier molecular flexibility index (Phi) is 4.77. The van der Waals surface area contributed by atoms with Gasteiger partial charge in [0, 0.05) is 12.6 Å². The topological polar surface area (TPSA) is 82.0 Å². The van der Waals surface area contributed by atoms with E-state index in [1.807, 2.05) is 0 Å². The van der Waals surface area contributed by atoms with Crippen LogP contribution in [0.3, 0.4) is 0 Å². The Balaban J connectivity index is 2.44. The van der Waals surface area contributed by atoms with Crippen molar-refractivity contribution in [1.82, 2.24) is 5.32 Å². The van der Waals surface area contributed by atoms with Crippen LogP contribution in [0.1, 0.15) is 12.8 Å². The molecule has 1 unspecified atom stereocenters. The first kappa shape index (κ1) is 11.9. The zero-order chi connectivity index (χ0) is 10.4. The molecule has 0 spiro atoms. The number of nitrogens with one attached hydrogen (secondary N) is 1. The van der Waals surface area contributed by atoms with Crippen molar-refractivity contribution in [2.75, 3.05) is 33.0 Å². The van der Waals surface area contributed by atoms with Crippen LogP contribution in [0, 0.1) is 0 Å². The van der Waals surface area contributed by atoms with E-state index in [0.29, 0.717) is 6.61 Å². The van der Waals surface area contributed by atoms with E-state index in [-0.39, 0.29) is 25.9 Å². The fourth-order valence-electron chi connectivity index (χ4n) is 1.57. The average Bonchev–Trinajstić information content (AvgIpc) is 2.28. The first-order valence-electron chi connectivity index (χ1n) is 4.94. The number of rotatable bonds is 5. The summed E-state index contributed by atoms with van der Waals surface area (Å²) in [5.41, 5.74) is -0.981. The highest BCUT2D eigenvalue weighted by Crippen LogP contribution is 2.11. The molecule has 0 radical (unpaired) electrons. The van der Waals surface area contributed by atoms with Crippen molar-refractivity contribution in [3.05, 3.63) is 0 Å². The van der Waals surface area contributed by atoms with E-state index in [2.05, 4.69) is 5.32 Å². The molecule has 5 heteroatoms. The molecule has 0 aromatic rings. The molecule has 14 heavy (non-hydrogen) atoms. The van der Waals surface area contributed by atoms with Gasteiger partial charge in [0.15, 0.2) is 0 Å². The Bertz CT molecular complexity index is 147. The largest absolute Gasteiger partial charge is 0.394 e. The van der Waals surface area contributed by atoms with Gasteiger partial charge < -0.3 is 25.4 Å². The van der Waals surface area contributed by atoms with Gasteiger partial charge in [0.05, 0.1) is 32.0 Å². The molecule has 1 fully saturated rings. The predicted octanol–water partition coefficient (Wildman–Crippen LogP) is -1.53. The van der Waals surface area contributed by atoms with Crippen LogP contribution in [-0.4, -0.2) is 59.9 Å². The first-order valence-corrected chi connectivity index (χ1v) is 4.94. The van der Waals surface area contributed by atoms with Crippen LogP contribution in [-0.2, 0) is 4.74 Å². The number of hydrogen-bond acceptors (Lipinski definition) is 5. The van der Waals surface area contributed by atoms with Crippen molar-refractivity contribution in [2.24, 2.45) is 0 Å². The summed E-state index contributed by atoms with van der Waals surface area (Å²) < 4.78 is 5.25. The second-order valence-electron chi connectivity index (χ2n) is 3.81. The molecule has 0 amide bonds. The second-order valence-corrected chi connectivity index (χ2v) is 3.81. The van der Waals surface area contributed by atoms with Gasteiger partial charge in [0.1, 0.15) is 0 Å². The molecule has 5 nitrogen and oxygen atoms in total. The van der Waals surface area contributed by atoms with Crippen LogP contribution in [0.4, 0.5) is 0 Å². The monoisotopic (exact) mass is 205 g/mol. The van der Waals surface area contributed by atoms with Gasteiger partial charge >= 0.3 is 0 Å². The van der Waals surface area contributed by atoms with E-state index in [1.165, 1.54) is 0 Å². The number of aliphatic hydroxyl groups excluding tert-OH is 3. The maximum atomic E-state index is 9.08. The summed E-state index contributed by atoms with van der Waals surface area (Å²) in [5.74, 6) is 0. The molecule has 0 aliphatic carbocycles. The van der Waals surface area contributed by atoms with Gasteiger partial charge in [0.25, 0.3) is 0 Å². The molecule has 1 aliphatic heterocycles. The lowest BCUT2D eigenvalue weighted by Gasteiger charge is -2.35. The molecule has 0 saturated carbocycles. The number of ether oxygens (including phenoxy) is 1. The van der Waals surface area contributed by atoms with Gasteiger partial charge in [-0.1, -0.05) is 0 Å². The minimum Gasteiger partial charge on any atom is -0.394 e. The lowest BCUT2D eigenvalue weighted by Crippen LogP contribution is -2.59. The smallest absolute Gasteiger partial charge is 0.0884 e. The maximum absolute atomic E-state index is 9.08. The van der Waals surface area contributed by atoms with Gasteiger partial charge in [-0.2, -0.15) is 0 Å². The van der Waals surface area contributed by atoms with Crippen LogP contribution < -0.4 is 5.32 Å². The molecule has 84 valence electrons. The Labute approximate surface area is 83.7 Å². The van der Waals surface area contributed by atoms with Crippen LogP contribution >= 0.6 is 0 Å². The fourth-order valence-corrected chi connectivity index (χ4v) is 1.57. The minimum atomic E-state index is -0.981. The SMILES string of the molecule is OCC(CO)(CO)NC1CCCOC1. The number of hydrogen-bond donors (Lipinski definition) is 4.